The van der Waals surface area contributed by atoms with E-state index < -0.39 is 11.7 Å². The molecular formula is C13H19NO2. The van der Waals surface area contributed by atoms with E-state index in [1.54, 1.807) is 0 Å². The SMILES string of the molecule is CCO[C@]1(c2ccccc2)CCNC[C@@H]1O. The predicted octanol–water partition coefficient (Wildman–Crippen LogP) is 1.27. The molecule has 0 aliphatic carbocycles. The lowest BCUT2D eigenvalue weighted by atomic mass is 9.82. The summed E-state index contributed by atoms with van der Waals surface area (Å²) >= 11 is 0. The standard InChI is InChI=1S/C13H19NO2/c1-2-16-13(8-9-14-10-12(13)15)11-6-4-3-5-7-11/h3-7,12,14-15H,2,8-10H2,1H3/t12-,13-/m0/s1. The number of nitrogens with one attached hydrogen (secondary N) is 1. The van der Waals surface area contributed by atoms with Crippen LogP contribution in [0.15, 0.2) is 30.3 Å². The molecule has 1 aliphatic rings. The first-order valence-electron chi connectivity index (χ1n) is 5.88. The lowest BCUT2D eigenvalue weighted by molar-refractivity contribution is -0.141. The van der Waals surface area contributed by atoms with Crippen molar-refractivity contribution in [2.75, 3.05) is 19.7 Å². The second kappa shape index (κ2) is 4.95. The highest BCUT2D eigenvalue weighted by molar-refractivity contribution is 5.25. The number of β-amino-alcohol motifs (C(OH)–C–C–N with tert-alkyl or cyclic N) is 1. The van der Waals surface area contributed by atoms with Crippen LogP contribution in [-0.2, 0) is 10.3 Å². The number of piperidine rings is 1. The van der Waals surface area contributed by atoms with Crippen LogP contribution in [0.2, 0.25) is 0 Å². The molecule has 0 bridgehead atoms. The second-order valence-electron chi connectivity index (χ2n) is 4.16. The third kappa shape index (κ3) is 1.98. The van der Waals surface area contributed by atoms with E-state index >= 15 is 0 Å². The number of rotatable bonds is 3. The van der Waals surface area contributed by atoms with Crippen molar-refractivity contribution in [3.05, 3.63) is 35.9 Å². The fraction of sp³-hybridized carbons (Fsp3) is 0.538. The van der Waals surface area contributed by atoms with E-state index in [1.165, 1.54) is 0 Å². The van der Waals surface area contributed by atoms with Crippen LogP contribution in [0.4, 0.5) is 0 Å². The Morgan fingerprint density at radius 3 is 2.81 bits per heavy atom. The van der Waals surface area contributed by atoms with Gasteiger partial charge in [0.15, 0.2) is 0 Å². The molecule has 0 aromatic heterocycles. The minimum atomic E-state index is -0.527. The molecule has 1 aliphatic heterocycles. The van der Waals surface area contributed by atoms with E-state index in [9.17, 15) is 5.11 Å². The van der Waals surface area contributed by atoms with Crippen molar-refractivity contribution in [2.45, 2.75) is 25.0 Å². The first kappa shape index (κ1) is 11.6. The fourth-order valence-electron chi connectivity index (χ4n) is 2.41. The van der Waals surface area contributed by atoms with E-state index in [1.807, 2.05) is 37.3 Å². The van der Waals surface area contributed by atoms with Gasteiger partial charge >= 0.3 is 0 Å². The van der Waals surface area contributed by atoms with E-state index in [0.717, 1.165) is 18.5 Å². The number of ether oxygens (including phenoxy) is 1. The Hall–Kier alpha value is -0.900. The van der Waals surface area contributed by atoms with Crippen molar-refractivity contribution >= 4 is 0 Å². The molecule has 88 valence electrons. The molecule has 2 atom stereocenters. The summed E-state index contributed by atoms with van der Waals surface area (Å²) in [6.07, 6.45) is 0.329. The van der Waals surface area contributed by atoms with E-state index in [-0.39, 0.29) is 0 Å². The molecular weight excluding hydrogens is 202 g/mol. The quantitative estimate of drug-likeness (QED) is 0.807. The van der Waals surface area contributed by atoms with Gasteiger partial charge in [0, 0.05) is 13.2 Å². The van der Waals surface area contributed by atoms with Crippen LogP contribution >= 0.6 is 0 Å². The highest BCUT2D eigenvalue weighted by Gasteiger charge is 2.42. The number of hydrogen-bond acceptors (Lipinski definition) is 3. The maximum absolute atomic E-state index is 10.2. The number of hydrogen-bond donors (Lipinski definition) is 2. The first-order valence-corrected chi connectivity index (χ1v) is 5.88. The van der Waals surface area contributed by atoms with Gasteiger partial charge in [-0.3, -0.25) is 0 Å². The Kier molecular flexibility index (Phi) is 3.59. The topological polar surface area (TPSA) is 41.5 Å². The molecule has 2 rings (SSSR count). The summed E-state index contributed by atoms with van der Waals surface area (Å²) in [6.45, 7) is 4.06. The van der Waals surface area contributed by atoms with Gasteiger partial charge < -0.3 is 15.2 Å². The van der Waals surface area contributed by atoms with Crippen LogP contribution in [0.25, 0.3) is 0 Å². The van der Waals surface area contributed by atoms with E-state index in [4.69, 9.17) is 4.74 Å². The van der Waals surface area contributed by atoms with Gasteiger partial charge in [0.25, 0.3) is 0 Å². The van der Waals surface area contributed by atoms with Crippen molar-refractivity contribution < 1.29 is 9.84 Å². The molecule has 1 saturated heterocycles. The van der Waals surface area contributed by atoms with Crippen LogP contribution in [-0.4, -0.2) is 30.9 Å². The van der Waals surface area contributed by atoms with E-state index in [0.29, 0.717) is 13.2 Å². The summed E-state index contributed by atoms with van der Waals surface area (Å²) in [6, 6.07) is 10.0. The summed E-state index contributed by atoms with van der Waals surface area (Å²) < 4.78 is 5.88. The Balaban J connectivity index is 2.34. The molecule has 0 saturated carbocycles. The highest BCUT2D eigenvalue weighted by atomic mass is 16.5. The lowest BCUT2D eigenvalue weighted by Gasteiger charge is -2.41. The molecule has 1 aromatic rings. The van der Waals surface area contributed by atoms with Crippen LogP contribution in [0.5, 0.6) is 0 Å². The molecule has 2 N–H and O–H groups in total. The van der Waals surface area contributed by atoms with Crippen molar-refractivity contribution in [3.8, 4) is 0 Å². The average Bonchev–Trinajstić information content (AvgIpc) is 2.34. The van der Waals surface area contributed by atoms with Gasteiger partial charge in [-0.15, -0.1) is 0 Å². The van der Waals surface area contributed by atoms with Crippen LogP contribution in [0.1, 0.15) is 18.9 Å². The van der Waals surface area contributed by atoms with Gasteiger partial charge in [-0.2, -0.15) is 0 Å². The Labute approximate surface area is 96.4 Å². The van der Waals surface area contributed by atoms with Crippen molar-refractivity contribution in [1.82, 2.24) is 5.32 Å². The van der Waals surface area contributed by atoms with Crippen molar-refractivity contribution in [1.29, 1.82) is 0 Å². The maximum atomic E-state index is 10.2. The summed E-state index contributed by atoms with van der Waals surface area (Å²) in [5, 5.41) is 13.4. The monoisotopic (exact) mass is 221 g/mol. The molecule has 3 heteroatoms. The first-order chi connectivity index (χ1) is 7.79. The van der Waals surface area contributed by atoms with E-state index in [2.05, 4.69) is 5.32 Å². The lowest BCUT2D eigenvalue weighted by Crippen LogP contribution is -2.53. The summed E-state index contributed by atoms with van der Waals surface area (Å²) in [5.41, 5.74) is 0.548. The molecule has 16 heavy (non-hydrogen) atoms. The molecule has 1 fully saturated rings. The molecule has 3 nitrogen and oxygen atoms in total. The van der Waals surface area contributed by atoms with Gasteiger partial charge in [0.2, 0.25) is 0 Å². The van der Waals surface area contributed by atoms with Gasteiger partial charge in [-0.1, -0.05) is 30.3 Å². The second-order valence-corrected chi connectivity index (χ2v) is 4.16. The largest absolute Gasteiger partial charge is 0.388 e. The van der Waals surface area contributed by atoms with Gasteiger partial charge in [-0.05, 0) is 25.5 Å². The smallest absolute Gasteiger partial charge is 0.121 e. The highest BCUT2D eigenvalue weighted by Crippen LogP contribution is 2.34. The van der Waals surface area contributed by atoms with Crippen LogP contribution in [0.3, 0.4) is 0 Å². The molecule has 0 unspecified atom stereocenters. The molecule has 1 aromatic carbocycles. The zero-order valence-corrected chi connectivity index (χ0v) is 9.65. The number of benzene rings is 1. The molecule has 1 heterocycles. The number of aliphatic hydroxyl groups is 1. The molecule has 0 spiro atoms. The fourth-order valence-corrected chi connectivity index (χ4v) is 2.41. The summed E-state index contributed by atoms with van der Waals surface area (Å²) in [7, 11) is 0. The van der Waals surface area contributed by atoms with Crippen molar-refractivity contribution in [3.63, 3.8) is 0 Å². The normalized spacial score (nSPS) is 30.2. The molecule has 0 amide bonds. The van der Waals surface area contributed by atoms with Gasteiger partial charge in [-0.25, -0.2) is 0 Å². The zero-order valence-electron chi connectivity index (χ0n) is 9.65. The maximum Gasteiger partial charge on any atom is 0.121 e. The zero-order chi connectivity index (χ0) is 11.4. The third-order valence-electron chi connectivity index (χ3n) is 3.21. The van der Waals surface area contributed by atoms with Crippen LogP contribution in [0, 0.1) is 0 Å². The Morgan fingerprint density at radius 2 is 2.19 bits per heavy atom. The van der Waals surface area contributed by atoms with Gasteiger partial charge in [0.05, 0.1) is 6.10 Å². The van der Waals surface area contributed by atoms with Crippen LogP contribution < -0.4 is 5.32 Å². The minimum absolute atomic E-state index is 0.483. The van der Waals surface area contributed by atoms with Crippen molar-refractivity contribution in [2.24, 2.45) is 0 Å². The Bertz CT molecular complexity index is 324. The Morgan fingerprint density at radius 1 is 1.44 bits per heavy atom. The summed E-state index contributed by atoms with van der Waals surface area (Å²) in [5.74, 6) is 0. The predicted molar refractivity (Wildman–Crippen MR) is 63.2 cm³/mol. The van der Waals surface area contributed by atoms with Gasteiger partial charge in [0.1, 0.15) is 5.60 Å². The number of aliphatic hydroxyl groups excluding tert-OH is 1. The summed E-state index contributed by atoms with van der Waals surface area (Å²) in [4.78, 5) is 0. The minimum Gasteiger partial charge on any atom is -0.388 e. The molecule has 0 radical (unpaired) electrons. The average molecular weight is 221 g/mol. The third-order valence-corrected chi connectivity index (χ3v) is 3.21.